The van der Waals surface area contributed by atoms with E-state index in [0.717, 1.165) is 32.5 Å². The van der Waals surface area contributed by atoms with E-state index in [4.69, 9.17) is 0 Å². The summed E-state index contributed by atoms with van der Waals surface area (Å²) >= 11 is 0. The molecule has 2 nitrogen and oxygen atoms in total. The third kappa shape index (κ3) is 6.88. The fourth-order valence-corrected chi connectivity index (χ4v) is 2.37. The maximum Gasteiger partial charge on any atom is 0.401 e. The summed E-state index contributed by atoms with van der Waals surface area (Å²) in [5.41, 5.74) is 0. The van der Waals surface area contributed by atoms with Crippen molar-refractivity contribution < 1.29 is 13.2 Å². The van der Waals surface area contributed by atoms with Gasteiger partial charge in [-0.2, -0.15) is 13.2 Å². The molecule has 1 heterocycles. The van der Waals surface area contributed by atoms with Gasteiger partial charge in [0.1, 0.15) is 0 Å². The molecule has 1 N–H and O–H groups in total. The van der Waals surface area contributed by atoms with E-state index in [9.17, 15) is 13.2 Å². The van der Waals surface area contributed by atoms with E-state index in [1.54, 1.807) is 0 Å². The molecular formula is C12H23F3N2. The van der Waals surface area contributed by atoms with Crippen LogP contribution in [-0.2, 0) is 0 Å². The third-order valence-corrected chi connectivity index (χ3v) is 3.05. The highest BCUT2D eigenvalue weighted by Crippen LogP contribution is 2.20. The van der Waals surface area contributed by atoms with Gasteiger partial charge in [-0.15, -0.1) is 0 Å². The Morgan fingerprint density at radius 2 is 2.06 bits per heavy atom. The van der Waals surface area contributed by atoms with Crippen molar-refractivity contribution in [1.82, 2.24) is 10.2 Å². The van der Waals surface area contributed by atoms with Gasteiger partial charge < -0.3 is 10.2 Å². The van der Waals surface area contributed by atoms with Crippen molar-refractivity contribution in [1.29, 1.82) is 0 Å². The van der Waals surface area contributed by atoms with Gasteiger partial charge in [0.05, 0.1) is 6.54 Å². The van der Waals surface area contributed by atoms with Crippen molar-refractivity contribution in [2.24, 2.45) is 11.8 Å². The Bertz CT molecular complexity index is 216. The highest BCUT2D eigenvalue weighted by molar-refractivity contribution is 4.76. The molecule has 0 aromatic rings. The van der Waals surface area contributed by atoms with Crippen molar-refractivity contribution in [2.75, 3.05) is 32.7 Å². The second-order valence-electron chi connectivity index (χ2n) is 5.39. The quantitative estimate of drug-likeness (QED) is 0.731. The summed E-state index contributed by atoms with van der Waals surface area (Å²) in [6.45, 7) is 7.24. The minimum Gasteiger partial charge on any atom is -0.309 e. The fraction of sp³-hybridized carbons (Fsp3) is 1.00. The number of likely N-dealkylation sites (tertiary alicyclic amines) is 1. The van der Waals surface area contributed by atoms with Crippen LogP contribution in [0, 0.1) is 11.8 Å². The number of rotatable bonds is 6. The van der Waals surface area contributed by atoms with E-state index in [2.05, 4.69) is 24.1 Å². The molecule has 0 spiro atoms. The Kier molecular flexibility index (Phi) is 5.73. The van der Waals surface area contributed by atoms with Crippen molar-refractivity contribution in [2.45, 2.75) is 32.9 Å². The highest BCUT2D eigenvalue weighted by Gasteiger charge is 2.27. The van der Waals surface area contributed by atoms with Gasteiger partial charge in [-0.25, -0.2) is 0 Å². The summed E-state index contributed by atoms with van der Waals surface area (Å²) < 4.78 is 35.7. The first-order chi connectivity index (χ1) is 7.87. The molecule has 1 rings (SSSR count). The van der Waals surface area contributed by atoms with Crippen LogP contribution in [0.25, 0.3) is 0 Å². The molecule has 102 valence electrons. The van der Waals surface area contributed by atoms with Gasteiger partial charge in [0, 0.05) is 13.1 Å². The number of hydrogen-bond acceptors (Lipinski definition) is 2. The molecular weight excluding hydrogens is 229 g/mol. The lowest BCUT2D eigenvalue weighted by Crippen LogP contribution is -2.31. The van der Waals surface area contributed by atoms with Crippen LogP contribution in [0.4, 0.5) is 13.2 Å². The summed E-state index contributed by atoms with van der Waals surface area (Å²) in [5, 5.41) is 2.46. The number of nitrogens with zero attached hydrogens (tertiary/aromatic N) is 1. The minimum atomic E-state index is -4.08. The third-order valence-electron chi connectivity index (χ3n) is 3.05. The molecule has 5 heteroatoms. The minimum absolute atomic E-state index is 0.472. The van der Waals surface area contributed by atoms with Crippen LogP contribution in [0.3, 0.4) is 0 Å². The average Bonchev–Trinajstić information content (AvgIpc) is 2.58. The number of halogens is 3. The normalized spacial score (nSPS) is 22.6. The van der Waals surface area contributed by atoms with E-state index in [0.29, 0.717) is 18.4 Å². The second kappa shape index (κ2) is 6.59. The lowest BCUT2D eigenvalue weighted by molar-refractivity contribution is -0.124. The number of alkyl halides is 3. The molecule has 1 atom stereocenters. The average molecular weight is 252 g/mol. The molecule has 0 amide bonds. The monoisotopic (exact) mass is 252 g/mol. The molecule has 0 radical (unpaired) electrons. The summed E-state index contributed by atoms with van der Waals surface area (Å²) in [5.74, 6) is 1.23. The van der Waals surface area contributed by atoms with Crippen LogP contribution in [0.1, 0.15) is 26.7 Å². The summed E-state index contributed by atoms with van der Waals surface area (Å²) in [7, 11) is 0. The first-order valence-electron chi connectivity index (χ1n) is 6.36. The zero-order valence-electron chi connectivity index (χ0n) is 10.7. The van der Waals surface area contributed by atoms with E-state index in [-0.39, 0.29) is 0 Å². The molecule has 0 aliphatic carbocycles. The molecule has 0 bridgehead atoms. The van der Waals surface area contributed by atoms with Gasteiger partial charge in [-0.3, -0.25) is 0 Å². The van der Waals surface area contributed by atoms with Gasteiger partial charge in [0.25, 0.3) is 0 Å². The lowest BCUT2D eigenvalue weighted by Gasteiger charge is -2.18. The molecule has 1 unspecified atom stereocenters. The first kappa shape index (κ1) is 14.8. The maximum atomic E-state index is 11.9. The van der Waals surface area contributed by atoms with Crippen LogP contribution < -0.4 is 5.32 Å². The van der Waals surface area contributed by atoms with Crippen LogP contribution in [0.5, 0.6) is 0 Å². The molecule has 1 aliphatic heterocycles. The van der Waals surface area contributed by atoms with Crippen LogP contribution >= 0.6 is 0 Å². The first-order valence-corrected chi connectivity index (χ1v) is 6.36. The van der Waals surface area contributed by atoms with Gasteiger partial charge in [-0.05, 0) is 37.8 Å². The Morgan fingerprint density at radius 1 is 1.35 bits per heavy atom. The van der Waals surface area contributed by atoms with E-state index < -0.39 is 12.7 Å². The van der Waals surface area contributed by atoms with Crippen molar-refractivity contribution in [3.63, 3.8) is 0 Å². The SMILES string of the molecule is CC(C)CN1CCC(CCNCC(F)(F)F)C1. The van der Waals surface area contributed by atoms with E-state index >= 15 is 0 Å². The molecule has 1 aliphatic rings. The van der Waals surface area contributed by atoms with Crippen molar-refractivity contribution in [3.05, 3.63) is 0 Å². The summed E-state index contributed by atoms with van der Waals surface area (Å²) in [4.78, 5) is 2.42. The summed E-state index contributed by atoms with van der Waals surface area (Å²) in [6, 6.07) is 0. The Balaban J connectivity index is 2.06. The lowest BCUT2D eigenvalue weighted by atomic mass is 10.1. The molecule has 0 aromatic carbocycles. The molecule has 17 heavy (non-hydrogen) atoms. The topological polar surface area (TPSA) is 15.3 Å². The predicted octanol–water partition coefficient (Wildman–Crippen LogP) is 2.51. The predicted molar refractivity (Wildman–Crippen MR) is 62.9 cm³/mol. The molecule has 1 fully saturated rings. The molecule has 0 saturated carbocycles. The van der Waals surface area contributed by atoms with Crippen molar-refractivity contribution >= 4 is 0 Å². The Labute approximate surface area is 102 Å². The Hall–Kier alpha value is -0.290. The smallest absolute Gasteiger partial charge is 0.309 e. The van der Waals surface area contributed by atoms with Crippen LogP contribution in [0.15, 0.2) is 0 Å². The van der Waals surface area contributed by atoms with Gasteiger partial charge in [0.2, 0.25) is 0 Å². The molecule has 0 aromatic heterocycles. The standard InChI is InChI=1S/C12H23F3N2/c1-10(2)7-17-6-4-11(8-17)3-5-16-9-12(13,14)15/h10-11,16H,3-9H2,1-2H3. The largest absolute Gasteiger partial charge is 0.401 e. The second-order valence-corrected chi connectivity index (χ2v) is 5.39. The fourth-order valence-electron chi connectivity index (χ4n) is 2.37. The number of nitrogens with one attached hydrogen (secondary N) is 1. The Morgan fingerprint density at radius 3 is 2.65 bits per heavy atom. The van der Waals surface area contributed by atoms with E-state index in [1.165, 1.54) is 0 Å². The van der Waals surface area contributed by atoms with Crippen LogP contribution in [-0.4, -0.2) is 43.8 Å². The number of hydrogen-bond donors (Lipinski definition) is 1. The highest BCUT2D eigenvalue weighted by atomic mass is 19.4. The molecule has 1 saturated heterocycles. The zero-order valence-corrected chi connectivity index (χ0v) is 10.7. The van der Waals surface area contributed by atoms with Crippen LogP contribution in [0.2, 0.25) is 0 Å². The van der Waals surface area contributed by atoms with Gasteiger partial charge >= 0.3 is 6.18 Å². The van der Waals surface area contributed by atoms with Gasteiger partial charge in [0.15, 0.2) is 0 Å². The van der Waals surface area contributed by atoms with Gasteiger partial charge in [-0.1, -0.05) is 13.8 Å². The zero-order chi connectivity index (χ0) is 12.9. The maximum absolute atomic E-state index is 11.9. The summed E-state index contributed by atoms with van der Waals surface area (Å²) in [6.07, 6.45) is -2.11. The van der Waals surface area contributed by atoms with E-state index in [1.807, 2.05) is 0 Å². The van der Waals surface area contributed by atoms with Crippen molar-refractivity contribution in [3.8, 4) is 0 Å².